The highest BCUT2D eigenvalue weighted by atomic mass is 16.5. The summed E-state index contributed by atoms with van der Waals surface area (Å²) in [6.07, 6.45) is 0. The molecule has 0 aliphatic heterocycles. The lowest BCUT2D eigenvalue weighted by Crippen LogP contribution is -2.41. The molecule has 0 saturated heterocycles. The zero-order valence-electron chi connectivity index (χ0n) is 15.7. The molecule has 2 N–H and O–H groups in total. The number of amides is 2. The largest absolute Gasteiger partial charge is 0.494 e. The van der Waals surface area contributed by atoms with Gasteiger partial charge in [-0.1, -0.05) is 48.0 Å². The van der Waals surface area contributed by atoms with Gasteiger partial charge < -0.3 is 15.4 Å². The fourth-order valence-electron chi connectivity index (χ4n) is 2.72. The van der Waals surface area contributed by atoms with Gasteiger partial charge in [-0.2, -0.15) is 0 Å². The lowest BCUT2D eigenvalue weighted by atomic mass is 10.0. The lowest BCUT2D eigenvalue weighted by Gasteiger charge is -2.19. The topological polar surface area (TPSA) is 67.4 Å². The predicted octanol–water partition coefficient (Wildman–Crippen LogP) is 3.45. The number of hydrogen-bond acceptors (Lipinski definition) is 3. The molecular weight excluding hydrogens is 328 g/mol. The minimum absolute atomic E-state index is 0.247. The summed E-state index contributed by atoms with van der Waals surface area (Å²) >= 11 is 0. The van der Waals surface area contributed by atoms with Crippen LogP contribution in [0.5, 0.6) is 5.75 Å². The van der Waals surface area contributed by atoms with Gasteiger partial charge in [-0.05, 0) is 39.3 Å². The average molecular weight is 354 g/mol. The van der Waals surface area contributed by atoms with Crippen LogP contribution in [0.15, 0.2) is 48.5 Å². The van der Waals surface area contributed by atoms with Crippen molar-refractivity contribution >= 4 is 11.8 Å². The second kappa shape index (κ2) is 9.04. The van der Waals surface area contributed by atoms with Crippen molar-refractivity contribution in [2.45, 2.75) is 39.8 Å². The molecular formula is C21H26N2O3. The number of benzene rings is 2. The Kier molecular flexibility index (Phi) is 6.78. The van der Waals surface area contributed by atoms with E-state index in [9.17, 15) is 9.59 Å². The number of nitrogens with one attached hydrogen (secondary N) is 2. The van der Waals surface area contributed by atoms with Crippen LogP contribution in [0, 0.1) is 6.92 Å². The van der Waals surface area contributed by atoms with Gasteiger partial charge in [0.25, 0.3) is 0 Å². The molecule has 0 saturated carbocycles. The highest BCUT2D eigenvalue weighted by molar-refractivity contribution is 6.35. The van der Waals surface area contributed by atoms with Gasteiger partial charge in [0.1, 0.15) is 5.75 Å². The number of rotatable bonds is 6. The van der Waals surface area contributed by atoms with Crippen molar-refractivity contribution in [3.05, 3.63) is 65.2 Å². The number of carbonyl (C=O) groups is 2. The van der Waals surface area contributed by atoms with Crippen molar-refractivity contribution in [1.82, 2.24) is 10.6 Å². The summed E-state index contributed by atoms with van der Waals surface area (Å²) < 4.78 is 5.63. The van der Waals surface area contributed by atoms with Gasteiger partial charge >= 0.3 is 11.8 Å². The smallest absolute Gasteiger partial charge is 0.309 e. The van der Waals surface area contributed by atoms with Gasteiger partial charge in [-0.15, -0.1) is 0 Å². The average Bonchev–Trinajstić information content (AvgIpc) is 2.63. The van der Waals surface area contributed by atoms with Crippen LogP contribution in [-0.4, -0.2) is 18.4 Å². The normalized spacial score (nSPS) is 12.8. The van der Waals surface area contributed by atoms with Crippen molar-refractivity contribution < 1.29 is 14.3 Å². The SMILES string of the molecule is CCOc1ccc(C)cc1C(C)NC(=O)C(=O)NC(C)c1ccccc1. The molecule has 2 rings (SSSR count). The van der Waals surface area contributed by atoms with Crippen molar-refractivity contribution in [2.24, 2.45) is 0 Å². The van der Waals surface area contributed by atoms with E-state index in [1.54, 1.807) is 0 Å². The molecule has 26 heavy (non-hydrogen) atoms. The molecule has 2 unspecified atom stereocenters. The summed E-state index contributed by atoms with van der Waals surface area (Å²) in [7, 11) is 0. The highest BCUT2D eigenvalue weighted by Crippen LogP contribution is 2.26. The van der Waals surface area contributed by atoms with Crippen molar-refractivity contribution in [3.8, 4) is 5.75 Å². The van der Waals surface area contributed by atoms with Crippen LogP contribution in [0.1, 0.15) is 49.5 Å². The van der Waals surface area contributed by atoms with E-state index in [0.717, 1.165) is 16.7 Å². The molecule has 0 aliphatic carbocycles. The maximum Gasteiger partial charge on any atom is 0.309 e. The number of hydrogen-bond donors (Lipinski definition) is 2. The predicted molar refractivity (Wildman–Crippen MR) is 102 cm³/mol. The summed E-state index contributed by atoms with van der Waals surface area (Å²) in [5, 5.41) is 5.47. The molecule has 0 bridgehead atoms. The van der Waals surface area contributed by atoms with E-state index in [-0.39, 0.29) is 12.1 Å². The molecule has 0 radical (unpaired) electrons. The Labute approximate surface area is 154 Å². The lowest BCUT2D eigenvalue weighted by molar-refractivity contribution is -0.140. The molecule has 2 amide bonds. The molecule has 0 aliphatic rings. The first-order valence-corrected chi connectivity index (χ1v) is 8.82. The summed E-state index contributed by atoms with van der Waals surface area (Å²) in [5.74, 6) is -0.605. The van der Waals surface area contributed by atoms with Crippen LogP contribution in [0.3, 0.4) is 0 Å². The molecule has 0 spiro atoms. The van der Waals surface area contributed by atoms with Crippen LogP contribution in [0.2, 0.25) is 0 Å². The first-order chi connectivity index (χ1) is 12.4. The number of aryl methyl sites for hydroxylation is 1. The Morgan fingerprint density at radius 1 is 0.962 bits per heavy atom. The second-order valence-electron chi connectivity index (χ2n) is 6.28. The van der Waals surface area contributed by atoms with Gasteiger partial charge in [0.2, 0.25) is 0 Å². The number of ether oxygens (including phenoxy) is 1. The zero-order valence-corrected chi connectivity index (χ0v) is 15.7. The van der Waals surface area contributed by atoms with Gasteiger partial charge in [0, 0.05) is 5.56 Å². The van der Waals surface area contributed by atoms with E-state index >= 15 is 0 Å². The summed E-state index contributed by atoms with van der Waals surface area (Å²) in [6, 6.07) is 14.7. The summed E-state index contributed by atoms with van der Waals surface area (Å²) in [4.78, 5) is 24.5. The Morgan fingerprint density at radius 2 is 1.58 bits per heavy atom. The Hall–Kier alpha value is -2.82. The van der Waals surface area contributed by atoms with Crippen LogP contribution in [0.4, 0.5) is 0 Å². The van der Waals surface area contributed by atoms with E-state index in [1.165, 1.54) is 0 Å². The van der Waals surface area contributed by atoms with Crippen LogP contribution < -0.4 is 15.4 Å². The molecule has 0 aromatic heterocycles. The molecule has 5 heteroatoms. The minimum Gasteiger partial charge on any atom is -0.494 e. The Bertz CT molecular complexity index is 759. The van der Waals surface area contributed by atoms with Crippen molar-refractivity contribution in [3.63, 3.8) is 0 Å². The molecule has 5 nitrogen and oxygen atoms in total. The van der Waals surface area contributed by atoms with Crippen LogP contribution >= 0.6 is 0 Å². The van der Waals surface area contributed by atoms with Crippen LogP contribution in [0.25, 0.3) is 0 Å². The molecule has 2 atom stereocenters. The van der Waals surface area contributed by atoms with Crippen molar-refractivity contribution in [2.75, 3.05) is 6.61 Å². The van der Waals surface area contributed by atoms with Crippen molar-refractivity contribution in [1.29, 1.82) is 0 Å². The van der Waals surface area contributed by atoms with Crippen LogP contribution in [-0.2, 0) is 9.59 Å². The zero-order chi connectivity index (χ0) is 19.1. The third-order valence-corrected chi connectivity index (χ3v) is 4.13. The Balaban J connectivity index is 2.02. The summed E-state index contributed by atoms with van der Waals surface area (Å²) in [5.41, 5.74) is 2.86. The highest BCUT2D eigenvalue weighted by Gasteiger charge is 2.21. The van der Waals surface area contributed by atoms with Gasteiger partial charge in [-0.25, -0.2) is 0 Å². The summed E-state index contributed by atoms with van der Waals surface area (Å²) in [6.45, 7) is 8.10. The standard InChI is InChI=1S/C21H26N2O3/c1-5-26-19-12-11-14(2)13-18(19)16(4)23-21(25)20(24)22-15(3)17-9-7-6-8-10-17/h6-13,15-16H,5H2,1-4H3,(H,22,24)(H,23,25). The van der Waals surface area contributed by atoms with E-state index in [1.807, 2.05) is 76.2 Å². The van der Waals surface area contributed by atoms with E-state index in [4.69, 9.17) is 4.74 Å². The Morgan fingerprint density at radius 3 is 2.19 bits per heavy atom. The molecule has 0 fully saturated rings. The molecule has 138 valence electrons. The maximum absolute atomic E-state index is 12.3. The molecule has 2 aromatic rings. The first-order valence-electron chi connectivity index (χ1n) is 8.82. The maximum atomic E-state index is 12.3. The van der Waals surface area contributed by atoms with E-state index in [2.05, 4.69) is 10.6 Å². The van der Waals surface area contributed by atoms with Gasteiger partial charge in [-0.3, -0.25) is 9.59 Å². The van der Waals surface area contributed by atoms with Gasteiger partial charge in [0.05, 0.1) is 18.7 Å². The first kappa shape index (κ1) is 19.5. The molecule has 2 aromatic carbocycles. The fraction of sp³-hybridized carbons (Fsp3) is 0.333. The minimum atomic E-state index is -0.663. The number of carbonyl (C=O) groups excluding carboxylic acids is 2. The van der Waals surface area contributed by atoms with E-state index < -0.39 is 11.8 Å². The van der Waals surface area contributed by atoms with E-state index in [0.29, 0.717) is 12.4 Å². The molecule has 0 heterocycles. The third kappa shape index (κ3) is 5.09. The fourth-order valence-corrected chi connectivity index (χ4v) is 2.72. The second-order valence-corrected chi connectivity index (χ2v) is 6.28. The quantitative estimate of drug-likeness (QED) is 0.781. The van der Waals surface area contributed by atoms with Gasteiger partial charge in [0.15, 0.2) is 0 Å². The third-order valence-electron chi connectivity index (χ3n) is 4.13. The monoisotopic (exact) mass is 354 g/mol.